The van der Waals surface area contributed by atoms with E-state index in [1.807, 2.05) is 0 Å². The largest absolute Gasteiger partial charge is 0.481 e. The number of likely N-dealkylation sites (tertiary alicyclic amines) is 1. The van der Waals surface area contributed by atoms with Gasteiger partial charge in [-0.15, -0.1) is 0 Å². The lowest BCUT2D eigenvalue weighted by molar-refractivity contribution is -0.153. The minimum Gasteiger partial charge on any atom is -0.481 e. The van der Waals surface area contributed by atoms with Crippen LogP contribution in [0, 0.1) is 11.3 Å². The summed E-state index contributed by atoms with van der Waals surface area (Å²) < 4.78 is 0. The molecule has 3 amide bonds. The van der Waals surface area contributed by atoms with Gasteiger partial charge in [-0.05, 0) is 25.7 Å². The quantitative estimate of drug-likeness (QED) is 0.700. The van der Waals surface area contributed by atoms with Gasteiger partial charge in [0.25, 0.3) is 0 Å². The number of carbonyl (C=O) groups excluding carboxylic acids is 2. The standard InChI is InChI=1S/C14H23N3O4/c1-15-11(18)10-4-2-7-17(8-10)13(21)16-9-14(12(19)20)5-3-6-14/h10H,2-9H2,1H3,(H,15,18)(H,16,21)(H,19,20). The zero-order valence-corrected chi connectivity index (χ0v) is 12.4. The summed E-state index contributed by atoms with van der Waals surface area (Å²) >= 11 is 0. The van der Waals surface area contributed by atoms with Crippen molar-refractivity contribution < 1.29 is 19.5 Å². The summed E-state index contributed by atoms with van der Waals surface area (Å²) in [5.41, 5.74) is -0.786. The molecule has 0 bridgehead atoms. The molecule has 0 aromatic carbocycles. The first kappa shape index (κ1) is 15.6. The third-order valence-corrected chi connectivity index (χ3v) is 4.67. The molecular formula is C14H23N3O4. The average molecular weight is 297 g/mol. The molecule has 2 fully saturated rings. The van der Waals surface area contributed by atoms with Crippen LogP contribution in [0.5, 0.6) is 0 Å². The van der Waals surface area contributed by atoms with E-state index in [1.165, 1.54) is 0 Å². The Bertz CT molecular complexity index is 434. The molecule has 2 aliphatic rings. The fraction of sp³-hybridized carbons (Fsp3) is 0.786. The van der Waals surface area contributed by atoms with E-state index in [0.717, 1.165) is 19.3 Å². The second-order valence-electron chi connectivity index (χ2n) is 6.00. The van der Waals surface area contributed by atoms with E-state index in [1.54, 1.807) is 11.9 Å². The zero-order chi connectivity index (χ0) is 15.5. The number of carboxylic acids is 1. The molecule has 7 heteroatoms. The van der Waals surface area contributed by atoms with Gasteiger partial charge in [0.15, 0.2) is 0 Å². The molecule has 0 aromatic rings. The van der Waals surface area contributed by atoms with Gasteiger partial charge < -0.3 is 20.6 Å². The first-order valence-electron chi connectivity index (χ1n) is 7.46. The number of nitrogens with one attached hydrogen (secondary N) is 2. The van der Waals surface area contributed by atoms with Crippen molar-refractivity contribution in [1.82, 2.24) is 15.5 Å². The molecule has 1 saturated carbocycles. The lowest BCUT2D eigenvalue weighted by Crippen LogP contribution is -2.53. The third kappa shape index (κ3) is 3.28. The number of urea groups is 1. The lowest BCUT2D eigenvalue weighted by Gasteiger charge is -2.39. The Labute approximate surface area is 124 Å². The number of rotatable bonds is 4. The smallest absolute Gasteiger partial charge is 0.317 e. The second-order valence-corrected chi connectivity index (χ2v) is 6.00. The molecule has 1 unspecified atom stereocenters. The minimum atomic E-state index is -0.837. The summed E-state index contributed by atoms with van der Waals surface area (Å²) in [6.45, 7) is 1.17. The first-order chi connectivity index (χ1) is 9.98. The SMILES string of the molecule is CNC(=O)C1CCCN(C(=O)NCC2(C(=O)O)CCC2)C1. The molecule has 1 aliphatic heterocycles. The van der Waals surface area contributed by atoms with Crippen molar-refractivity contribution in [3.63, 3.8) is 0 Å². The van der Waals surface area contributed by atoms with E-state index in [0.29, 0.717) is 25.9 Å². The van der Waals surface area contributed by atoms with Gasteiger partial charge in [0.2, 0.25) is 5.91 Å². The Morgan fingerprint density at radius 3 is 2.52 bits per heavy atom. The van der Waals surface area contributed by atoms with E-state index < -0.39 is 11.4 Å². The van der Waals surface area contributed by atoms with Crippen molar-refractivity contribution >= 4 is 17.9 Å². The number of amides is 3. The second kappa shape index (κ2) is 6.32. The van der Waals surface area contributed by atoms with Crippen LogP contribution in [0.2, 0.25) is 0 Å². The molecule has 1 saturated heterocycles. The van der Waals surface area contributed by atoms with Crippen LogP contribution in [-0.2, 0) is 9.59 Å². The van der Waals surface area contributed by atoms with Gasteiger partial charge in [0.05, 0.1) is 11.3 Å². The lowest BCUT2D eigenvalue weighted by atomic mass is 9.69. The van der Waals surface area contributed by atoms with Gasteiger partial charge in [0.1, 0.15) is 0 Å². The molecule has 7 nitrogen and oxygen atoms in total. The number of piperidine rings is 1. The molecular weight excluding hydrogens is 274 g/mol. The Morgan fingerprint density at radius 2 is 2.00 bits per heavy atom. The van der Waals surface area contributed by atoms with E-state index in [2.05, 4.69) is 10.6 Å². The van der Waals surface area contributed by atoms with Crippen molar-refractivity contribution in [3.05, 3.63) is 0 Å². The normalized spacial score (nSPS) is 23.9. The summed E-state index contributed by atoms with van der Waals surface area (Å²) in [7, 11) is 1.59. The topological polar surface area (TPSA) is 98.7 Å². The van der Waals surface area contributed by atoms with E-state index in [-0.39, 0.29) is 24.4 Å². The van der Waals surface area contributed by atoms with Gasteiger partial charge >= 0.3 is 12.0 Å². The van der Waals surface area contributed by atoms with Crippen LogP contribution in [0.4, 0.5) is 4.79 Å². The zero-order valence-electron chi connectivity index (χ0n) is 12.4. The first-order valence-corrected chi connectivity index (χ1v) is 7.46. The van der Waals surface area contributed by atoms with Crippen LogP contribution < -0.4 is 10.6 Å². The van der Waals surface area contributed by atoms with Crippen molar-refractivity contribution in [3.8, 4) is 0 Å². The maximum absolute atomic E-state index is 12.2. The molecule has 21 heavy (non-hydrogen) atoms. The Hall–Kier alpha value is -1.79. The molecule has 0 spiro atoms. The van der Waals surface area contributed by atoms with Crippen LogP contribution >= 0.6 is 0 Å². The molecule has 0 aromatic heterocycles. The summed E-state index contributed by atoms with van der Waals surface area (Å²) in [6.07, 6.45) is 3.69. The molecule has 1 heterocycles. The highest BCUT2D eigenvalue weighted by Gasteiger charge is 2.44. The van der Waals surface area contributed by atoms with E-state index in [4.69, 9.17) is 0 Å². The number of aliphatic carboxylic acids is 1. The van der Waals surface area contributed by atoms with E-state index in [9.17, 15) is 19.5 Å². The minimum absolute atomic E-state index is 0.0477. The van der Waals surface area contributed by atoms with E-state index >= 15 is 0 Å². The molecule has 118 valence electrons. The number of carbonyl (C=O) groups is 3. The van der Waals surface area contributed by atoms with Crippen LogP contribution in [-0.4, -0.2) is 54.6 Å². The van der Waals surface area contributed by atoms with Crippen LogP contribution in [0.1, 0.15) is 32.1 Å². The molecule has 1 atom stereocenters. The van der Waals surface area contributed by atoms with Crippen molar-refractivity contribution in [1.29, 1.82) is 0 Å². The maximum Gasteiger partial charge on any atom is 0.317 e. The number of hydrogen-bond acceptors (Lipinski definition) is 3. The van der Waals surface area contributed by atoms with Crippen LogP contribution in [0.15, 0.2) is 0 Å². The van der Waals surface area contributed by atoms with Crippen LogP contribution in [0.3, 0.4) is 0 Å². The van der Waals surface area contributed by atoms with Gasteiger partial charge in [-0.1, -0.05) is 6.42 Å². The maximum atomic E-state index is 12.2. The van der Waals surface area contributed by atoms with Crippen molar-refractivity contribution in [2.75, 3.05) is 26.7 Å². The Morgan fingerprint density at radius 1 is 1.29 bits per heavy atom. The average Bonchev–Trinajstić information content (AvgIpc) is 2.44. The highest BCUT2D eigenvalue weighted by atomic mass is 16.4. The van der Waals surface area contributed by atoms with Crippen molar-refractivity contribution in [2.45, 2.75) is 32.1 Å². The Balaban J connectivity index is 1.85. The third-order valence-electron chi connectivity index (χ3n) is 4.67. The molecule has 0 radical (unpaired) electrons. The van der Waals surface area contributed by atoms with Crippen molar-refractivity contribution in [2.24, 2.45) is 11.3 Å². The predicted molar refractivity (Wildman–Crippen MR) is 75.7 cm³/mol. The highest BCUT2D eigenvalue weighted by molar-refractivity contribution is 5.81. The van der Waals surface area contributed by atoms with Gasteiger partial charge in [-0.25, -0.2) is 4.79 Å². The van der Waals surface area contributed by atoms with Crippen LogP contribution in [0.25, 0.3) is 0 Å². The summed E-state index contributed by atoms with van der Waals surface area (Å²) in [4.78, 5) is 36.7. The monoisotopic (exact) mass is 297 g/mol. The van der Waals surface area contributed by atoms with Gasteiger partial charge in [0, 0.05) is 26.7 Å². The molecule has 2 rings (SSSR count). The fourth-order valence-corrected chi connectivity index (χ4v) is 3.01. The highest BCUT2D eigenvalue weighted by Crippen LogP contribution is 2.40. The van der Waals surface area contributed by atoms with Gasteiger partial charge in [-0.3, -0.25) is 9.59 Å². The number of nitrogens with zero attached hydrogens (tertiary/aromatic N) is 1. The molecule has 3 N–H and O–H groups in total. The number of hydrogen-bond donors (Lipinski definition) is 3. The summed E-state index contributed by atoms with van der Waals surface area (Å²) in [5, 5.41) is 14.6. The summed E-state index contributed by atoms with van der Waals surface area (Å²) in [5.74, 6) is -1.06. The van der Waals surface area contributed by atoms with Gasteiger partial charge in [-0.2, -0.15) is 0 Å². The molecule has 1 aliphatic carbocycles. The fourth-order valence-electron chi connectivity index (χ4n) is 3.01. The Kier molecular flexibility index (Phi) is 4.69. The predicted octanol–water partition coefficient (Wildman–Crippen LogP) is 0.409. The summed E-state index contributed by atoms with van der Waals surface area (Å²) in [6, 6.07) is -0.267. The number of carboxylic acid groups (broad SMARTS) is 1.